The van der Waals surface area contributed by atoms with Crippen molar-refractivity contribution >= 4 is 22.7 Å². The maximum absolute atomic E-state index is 12.0. The summed E-state index contributed by atoms with van der Waals surface area (Å²) in [4.78, 5) is 0. The summed E-state index contributed by atoms with van der Waals surface area (Å²) < 4.78 is 23.1. The van der Waals surface area contributed by atoms with Crippen LogP contribution in [0.4, 0.5) is 22.7 Å². The minimum Gasteiger partial charge on any atom is -0.507 e. The quantitative estimate of drug-likeness (QED) is 0.105. The van der Waals surface area contributed by atoms with E-state index in [-0.39, 0.29) is 50.4 Å². The third kappa shape index (κ3) is 8.94. The Morgan fingerprint density at radius 1 is 0.466 bits per heavy atom. The van der Waals surface area contributed by atoms with Crippen LogP contribution in [0.1, 0.15) is 44.5 Å². The molecule has 0 atom stereocenters. The number of methoxy groups -OCH3 is 2. The van der Waals surface area contributed by atoms with Crippen molar-refractivity contribution in [1.82, 2.24) is 0 Å². The monoisotopic (exact) mass is 768 g/mol. The first-order chi connectivity index (χ1) is 28.3. The third-order valence-electron chi connectivity index (χ3n) is 9.69. The van der Waals surface area contributed by atoms with Crippen molar-refractivity contribution in [3.63, 3.8) is 0 Å². The Hall–Kier alpha value is -7.56. The molecule has 0 spiro atoms. The van der Waals surface area contributed by atoms with Crippen molar-refractivity contribution in [3.8, 4) is 59.2 Å². The summed E-state index contributed by atoms with van der Waals surface area (Å²) in [5.74, 6) is 7.89. The molecule has 0 saturated heterocycles. The van der Waals surface area contributed by atoms with Crippen LogP contribution in [0.3, 0.4) is 0 Å². The molecule has 0 unspecified atom stereocenters. The lowest BCUT2D eigenvalue weighted by Crippen LogP contribution is -2.06. The molecular weight excluding hydrogens is 729 g/mol. The molecular formula is C48H40N4O6. The van der Waals surface area contributed by atoms with Crippen LogP contribution in [0.5, 0.6) is 34.5 Å². The van der Waals surface area contributed by atoms with Gasteiger partial charge in [0.05, 0.1) is 37.0 Å². The molecule has 0 radical (unpaired) electrons. The van der Waals surface area contributed by atoms with Crippen molar-refractivity contribution in [1.29, 1.82) is 0 Å². The smallest absolute Gasteiger partial charge is 0.148 e. The predicted molar refractivity (Wildman–Crippen MR) is 223 cm³/mol. The second-order valence-corrected chi connectivity index (χ2v) is 13.5. The lowest BCUT2D eigenvalue weighted by molar-refractivity contribution is 0.362. The fraction of sp³-hybridized carbons (Fsp3) is 0.167. The Morgan fingerprint density at radius 2 is 0.776 bits per heavy atom. The van der Waals surface area contributed by atoms with E-state index in [9.17, 15) is 10.2 Å². The molecule has 0 fully saturated rings. The summed E-state index contributed by atoms with van der Waals surface area (Å²) in [6.45, 7) is 0.0273. The van der Waals surface area contributed by atoms with Crippen molar-refractivity contribution in [2.75, 3.05) is 27.4 Å². The summed E-state index contributed by atoms with van der Waals surface area (Å²) in [6, 6.07) is 33.4. The van der Waals surface area contributed by atoms with E-state index in [1.165, 1.54) is 0 Å². The molecule has 1 aliphatic carbocycles. The van der Waals surface area contributed by atoms with Crippen LogP contribution < -0.4 is 18.9 Å². The molecule has 0 heterocycles. The van der Waals surface area contributed by atoms with E-state index < -0.39 is 0 Å². The first-order valence-electron chi connectivity index (χ1n) is 18.5. The predicted octanol–water partition coefficient (Wildman–Crippen LogP) is 10.6. The number of fused-ring (bicyclic) bond motifs is 8. The number of azo groups is 2. The highest BCUT2D eigenvalue weighted by atomic mass is 16.5. The minimum atomic E-state index is 0.0137. The number of nitrogens with zero attached hydrogens (tertiary/aromatic N) is 4. The average molecular weight is 769 g/mol. The third-order valence-corrected chi connectivity index (χ3v) is 9.69. The molecule has 6 aromatic carbocycles. The van der Waals surface area contributed by atoms with Gasteiger partial charge in [-0.05, 0) is 95.1 Å². The Bertz CT molecular complexity index is 2310. The van der Waals surface area contributed by atoms with Gasteiger partial charge in [0.25, 0.3) is 0 Å². The van der Waals surface area contributed by atoms with Crippen LogP contribution in [0.15, 0.2) is 130 Å². The highest BCUT2D eigenvalue weighted by Crippen LogP contribution is 2.41. The van der Waals surface area contributed by atoms with Gasteiger partial charge in [-0.25, -0.2) is 0 Å². The molecule has 2 N–H and O–H groups in total. The number of hydrogen-bond donors (Lipinski definition) is 2. The number of hydrogen-bond acceptors (Lipinski definition) is 10. The summed E-state index contributed by atoms with van der Waals surface area (Å²) in [7, 11) is 3.21. The zero-order valence-corrected chi connectivity index (χ0v) is 32.1. The van der Waals surface area contributed by atoms with Crippen LogP contribution in [0, 0.1) is 24.7 Å². The maximum Gasteiger partial charge on any atom is 0.148 e. The maximum atomic E-state index is 12.0. The molecule has 0 amide bonds. The average Bonchev–Trinajstić information content (AvgIpc) is 3.24. The zero-order valence-electron chi connectivity index (χ0n) is 32.1. The van der Waals surface area contributed by atoms with Gasteiger partial charge in [-0.15, -0.1) is 12.8 Å². The van der Waals surface area contributed by atoms with Crippen LogP contribution in [-0.4, -0.2) is 37.6 Å². The van der Waals surface area contributed by atoms with Crippen LogP contribution in [0.25, 0.3) is 0 Å². The lowest BCUT2D eigenvalue weighted by Gasteiger charge is -2.20. The number of para-hydroxylation sites is 2. The molecule has 58 heavy (non-hydrogen) atoms. The van der Waals surface area contributed by atoms with Crippen LogP contribution in [0.2, 0.25) is 0 Å². The number of rotatable bonds is 10. The zero-order chi connectivity index (χ0) is 40.4. The summed E-state index contributed by atoms with van der Waals surface area (Å²) in [5.41, 5.74) is 7.88. The molecule has 7 rings (SSSR count). The van der Waals surface area contributed by atoms with Crippen molar-refractivity contribution in [3.05, 3.63) is 154 Å². The topological polar surface area (TPSA) is 127 Å². The highest BCUT2D eigenvalue weighted by Gasteiger charge is 2.22. The molecule has 1 aliphatic rings. The second-order valence-electron chi connectivity index (χ2n) is 13.5. The molecule has 0 saturated carbocycles. The summed E-state index contributed by atoms with van der Waals surface area (Å²) >= 11 is 0. The van der Waals surface area contributed by atoms with Gasteiger partial charge in [0.1, 0.15) is 47.7 Å². The van der Waals surface area contributed by atoms with Gasteiger partial charge in [0.15, 0.2) is 0 Å². The number of phenols is 2. The number of terminal acetylenes is 2. The molecule has 10 heteroatoms. The highest BCUT2D eigenvalue weighted by molar-refractivity contribution is 5.61. The van der Waals surface area contributed by atoms with Gasteiger partial charge in [-0.3, -0.25) is 0 Å². The number of aromatic hydroxyl groups is 2. The van der Waals surface area contributed by atoms with E-state index in [0.717, 1.165) is 22.3 Å². The molecule has 0 aromatic heterocycles. The van der Waals surface area contributed by atoms with Gasteiger partial charge in [0, 0.05) is 47.9 Å². The van der Waals surface area contributed by atoms with E-state index in [4.69, 9.17) is 31.8 Å². The fourth-order valence-corrected chi connectivity index (χ4v) is 6.92. The van der Waals surface area contributed by atoms with Gasteiger partial charge in [-0.2, -0.15) is 20.5 Å². The summed E-state index contributed by atoms with van der Waals surface area (Å²) in [6.07, 6.45) is 12.5. The number of ether oxygens (including phenoxy) is 4. The van der Waals surface area contributed by atoms with Crippen LogP contribution >= 0.6 is 0 Å². The lowest BCUT2D eigenvalue weighted by atomic mass is 9.91. The second kappa shape index (κ2) is 17.9. The molecule has 6 aromatic rings. The normalized spacial score (nSPS) is 12.1. The van der Waals surface area contributed by atoms with Gasteiger partial charge >= 0.3 is 0 Å². The Kier molecular flexibility index (Phi) is 12.0. The van der Waals surface area contributed by atoms with Gasteiger partial charge < -0.3 is 29.2 Å². The first kappa shape index (κ1) is 38.7. The Labute approximate surface area is 337 Å². The van der Waals surface area contributed by atoms with E-state index in [2.05, 4.69) is 32.3 Å². The Balaban J connectivity index is 1.40. The van der Waals surface area contributed by atoms with E-state index in [0.29, 0.717) is 68.0 Å². The molecule has 10 nitrogen and oxygen atoms in total. The molecule has 8 bridgehead atoms. The van der Waals surface area contributed by atoms with E-state index >= 15 is 0 Å². The van der Waals surface area contributed by atoms with Crippen molar-refractivity contribution < 1.29 is 29.2 Å². The van der Waals surface area contributed by atoms with Gasteiger partial charge in [0.2, 0.25) is 0 Å². The Morgan fingerprint density at radius 3 is 1.07 bits per heavy atom. The van der Waals surface area contributed by atoms with Gasteiger partial charge in [-0.1, -0.05) is 48.2 Å². The van der Waals surface area contributed by atoms with Crippen molar-refractivity contribution in [2.45, 2.75) is 25.7 Å². The van der Waals surface area contributed by atoms with Crippen molar-refractivity contribution in [2.24, 2.45) is 20.5 Å². The van der Waals surface area contributed by atoms with Crippen LogP contribution in [-0.2, 0) is 25.7 Å². The fourth-order valence-electron chi connectivity index (χ4n) is 6.92. The first-order valence-corrected chi connectivity index (χ1v) is 18.5. The number of phenolic OH excluding ortho intramolecular Hbond substituents is 2. The van der Waals surface area contributed by atoms with E-state index in [1.54, 1.807) is 14.2 Å². The minimum absolute atomic E-state index is 0.0137. The molecule has 288 valence electrons. The summed E-state index contributed by atoms with van der Waals surface area (Å²) in [5, 5.41) is 42.1. The number of benzene rings is 6. The SMILES string of the molecule is C#CCOc1c2cccc1Cc1cc(N=Nc3ccc(OC)cc3)cc(c1O)Cc1cccc(c1OCC#C)Cc1cc(N=Nc3ccc(OC)cc3)cc(c1O)C2. The largest absolute Gasteiger partial charge is 0.507 e. The standard InChI is InChI=1S/C48H40N4O6/c1-5-21-57-47-31-9-7-10-32(47)24-36-28-42(52-50-40-15-19-44(56-4)20-16-40)30-38(46(36)54)26-34-12-8-11-33(48(34)58-22-6-2)25-37-29-41(27-35(23-31)45(37)53)51-49-39-13-17-43(55-3)18-14-39/h1-2,7-20,27-30,53-54H,21-26H2,3-4H3. The molecule has 0 aliphatic heterocycles. The van der Waals surface area contributed by atoms with E-state index in [1.807, 2.05) is 109 Å².